The number of aliphatic carboxylic acids is 1. The van der Waals surface area contributed by atoms with Crippen LogP contribution in [0.1, 0.15) is 26.7 Å². The minimum absolute atomic E-state index is 0.0616. The first-order valence-corrected chi connectivity index (χ1v) is 6.00. The quantitative estimate of drug-likeness (QED) is 0.586. The van der Waals surface area contributed by atoms with Crippen LogP contribution in [-0.4, -0.2) is 23.7 Å². The highest BCUT2D eigenvalue weighted by atomic mass is 16.5. The van der Waals surface area contributed by atoms with E-state index in [9.17, 15) is 9.59 Å². The fourth-order valence-electron chi connectivity index (χ4n) is 2.22. The van der Waals surface area contributed by atoms with E-state index in [1.165, 1.54) is 6.08 Å². The van der Waals surface area contributed by atoms with Crippen LogP contribution >= 0.6 is 0 Å². The predicted octanol–water partition coefficient (Wildman–Crippen LogP) is 1.85. The average Bonchev–Trinajstić information content (AvgIpc) is 3.09. The van der Waals surface area contributed by atoms with Crippen molar-refractivity contribution >= 4 is 11.9 Å². The van der Waals surface area contributed by atoms with Crippen LogP contribution in [0, 0.1) is 23.2 Å². The molecule has 0 amide bonds. The largest absolute Gasteiger partial charge is 0.481 e. The van der Waals surface area contributed by atoms with E-state index in [4.69, 9.17) is 9.84 Å². The maximum Gasteiger partial charge on any atom is 0.330 e. The van der Waals surface area contributed by atoms with Crippen molar-refractivity contribution in [2.45, 2.75) is 26.7 Å². The second-order valence-electron chi connectivity index (χ2n) is 5.60. The molecule has 4 heteroatoms. The third-order valence-corrected chi connectivity index (χ3v) is 3.77. The third-order valence-electron chi connectivity index (χ3n) is 3.77. The van der Waals surface area contributed by atoms with Crippen LogP contribution in [0.2, 0.25) is 0 Å². The highest BCUT2D eigenvalue weighted by Gasteiger charge is 2.60. The van der Waals surface area contributed by atoms with Gasteiger partial charge >= 0.3 is 11.9 Å². The van der Waals surface area contributed by atoms with E-state index in [-0.39, 0.29) is 23.2 Å². The average molecular weight is 238 g/mol. The second-order valence-corrected chi connectivity index (χ2v) is 5.60. The molecule has 2 rings (SSSR count). The maximum absolute atomic E-state index is 11.3. The normalized spacial score (nSPS) is 30.2. The molecule has 0 saturated heterocycles. The summed E-state index contributed by atoms with van der Waals surface area (Å²) in [6.45, 7) is 4.30. The summed E-state index contributed by atoms with van der Waals surface area (Å²) in [6.07, 6.45) is 5.34. The van der Waals surface area contributed by atoms with Gasteiger partial charge in [0, 0.05) is 6.08 Å². The van der Waals surface area contributed by atoms with Gasteiger partial charge in [-0.15, -0.1) is 0 Å². The van der Waals surface area contributed by atoms with Gasteiger partial charge in [0.15, 0.2) is 0 Å². The Hall–Kier alpha value is -1.32. The summed E-state index contributed by atoms with van der Waals surface area (Å²) < 4.78 is 5.03. The number of carbonyl (C=O) groups excluding carboxylic acids is 1. The van der Waals surface area contributed by atoms with Gasteiger partial charge in [-0.05, 0) is 30.1 Å². The summed E-state index contributed by atoms with van der Waals surface area (Å²) in [5, 5.41) is 8.96. The SMILES string of the molecule is CC1(C)C(/C=C/C(=O)OCC2CC2)C1C(=O)O. The summed E-state index contributed by atoms with van der Waals surface area (Å²) in [5.74, 6) is -1.04. The monoisotopic (exact) mass is 238 g/mol. The fraction of sp³-hybridized carbons (Fsp3) is 0.692. The molecule has 2 saturated carbocycles. The molecule has 0 aliphatic heterocycles. The standard InChI is InChI=1S/C13H18O4/c1-13(2)9(11(13)12(15)16)5-6-10(14)17-7-8-3-4-8/h5-6,8-9,11H,3-4,7H2,1-2H3,(H,15,16)/b6-5+. The molecule has 2 atom stereocenters. The molecule has 4 nitrogen and oxygen atoms in total. The molecule has 0 aromatic rings. The van der Waals surface area contributed by atoms with Gasteiger partial charge in [0.05, 0.1) is 12.5 Å². The number of carboxylic acid groups (broad SMARTS) is 1. The number of ether oxygens (including phenoxy) is 1. The minimum Gasteiger partial charge on any atom is -0.481 e. The summed E-state index contributed by atoms with van der Waals surface area (Å²) in [4.78, 5) is 22.2. The number of rotatable bonds is 5. The van der Waals surface area contributed by atoms with Crippen molar-refractivity contribution in [3.8, 4) is 0 Å². The molecule has 94 valence electrons. The number of allylic oxidation sites excluding steroid dienone is 1. The number of esters is 1. The molecule has 0 bridgehead atoms. The number of carbonyl (C=O) groups is 2. The van der Waals surface area contributed by atoms with E-state index in [0.717, 1.165) is 12.8 Å². The number of hydrogen-bond acceptors (Lipinski definition) is 3. The first-order valence-electron chi connectivity index (χ1n) is 6.00. The first-order chi connectivity index (χ1) is 7.93. The van der Waals surface area contributed by atoms with Crippen LogP contribution in [0.15, 0.2) is 12.2 Å². The van der Waals surface area contributed by atoms with Crippen molar-refractivity contribution in [2.24, 2.45) is 23.2 Å². The minimum atomic E-state index is -0.795. The van der Waals surface area contributed by atoms with Gasteiger partial charge in [-0.25, -0.2) is 4.79 Å². The molecule has 17 heavy (non-hydrogen) atoms. The molecule has 0 radical (unpaired) electrons. The summed E-state index contributed by atoms with van der Waals surface area (Å²) in [5.41, 5.74) is -0.251. The Morgan fingerprint density at radius 3 is 2.53 bits per heavy atom. The zero-order valence-corrected chi connectivity index (χ0v) is 10.2. The Labute approximate surface area is 101 Å². The Morgan fingerprint density at radius 2 is 2.06 bits per heavy atom. The van der Waals surface area contributed by atoms with Gasteiger partial charge in [0.1, 0.15) is 0 Å². The third kappa shape index (κ3) is 2.68. The van der Waals surface area contributed by atoms with E-state index in [1.54, 1.807) is 6.08 Å². The molecule has 0 heterocycles. The molecule has 0 spiro atoms. The molecule has 2 unspecified atom stereocenters. The highest BCUT2D eigenvalue weighted by molar-refractivity contribution is 5.83. The Balaban J connectivity index is 1.80. The second kappa shape index (κ2) is 4.17. The molecule has 2 aliphatic carbocycles. The lowest BCUT2D eigenvalue weighted by Gasteiger charge is -1.99. The lowest BCUT2D eigenvalue weighted by Crippen LogP contribution is -2.04. The smallest absolute Gasteiger partial charge is 0.330 e. The highest BCUT2D eigenvalue weighted by Crippen LogP contribution is 2.59. The van der Waals surface area contributed by atoms with Crippen molar-refractivity contribution in [1.82, 2.24) is 0 Å². The Morgan fingerprint density at radius 1 is 1.41 bits per heavy atom. The van der Waals surface area contributed by atoms with Crippen LogP contribution in [0.25, 0.3) is 0 Å². The lowest BCUT2D eigenvalue weighted by molar-refractivity contribution is -0.140. The van der Waals surface area contributed by atoms with E-state index >= 15 is 0 Å². The van der Waals surface area contributed by atoms with Crippen molar-refractivity contribution in [3.63, 3.8) is 0 Å². The van der Waals surface area contributed by atoms with Gasteiger partial charge in [0.2, 0.25) is 0 Å². The van der Waals surface area contributed by atoms with Crippen molar-refractivity contribution in [2.75, 3.05) is 6.61 Å². The molecule has 0 aromatic heterocycles. The molecule has 1 N–H and O–H groups in total. The van der Waals surface area contributed by atoms with Crippen molar-refractivity contribution in [3.05, 3.63) is 12.2 Å². The lowest BCUT2D eigenvalue weighted by atomic mass is 10.1. The van der Waals surface area contributed by atoms with Crippen LogP contribution in [-0.2, 0) is 14.3 Å². The molecule has 2 fully saturated rings. The van der Waals surface area contributed by atoms with E-state index in [1.807, 2.05) is 13.8 Å². The molecule has 2 aliphatic rings. The van der Waals surface area contributed by atoms with Crippen LogP contribution in [0.3, 0.4) is 0 Å². The first kappa shape index (κ1) is 12.1. The summed E-state index contributed by atoms with van der Waals surface area (Å²) >= 11 is 0. The van der Waals surface area contributed by atoms with Gasteiger partial charge in [-0.3, -0.25) is 4.79 Å². The number of carboxylic acids is 1. The topological polar surface area (TPSA) is 63.6 Å². The van der Waals surface area contributed by atoms with Crippen LogP contribution in [0.5, 0.6) is 0 Å². The predicted molar refractivity (Wildman–Crippen MR) is 61.2 cm³/mol. The molecular weight excluding hydrogens is 220 g/mol. The van der Waals surface area contributed by atoms with Crippen molar-refractivity contribution in [1.29, 1.82) is 0 Å². The number of hydrogen-bond donors (Lipinski definition) is 1. The zero-order valence-electron chi connectivity index (χ0n) is 10.2. The van der Waals surface area contributed by atoms with E-state index < -0.39 is 5.97 Å². The van der Waals surface area contributed by atoms with E-state index in [2.05, 4.69) is 0 Å². The van der Waals surface area contributed by atoms with Crippen LogP contribution < -0.4 is 0 Å². The molecular formula is C13H18O4. The van der Waals surface area contributed by atoms with Crippen LogP contribution in [0.4, 0.5) is 0 Å². The maximum atomic E-state index is 11.3. The Kier molecular flexibility index (Phi) is 2.98. The van der Waals surface area contributed by atoms with Gasteiger partial charge in [-0.2, -0.15) is 0 Å². The summed E-state index contributed by atoms with van der Waals surface area (Å²) in [7, 11) is 0. The van der Waals surface area contributed by atoms with E-state index in [0.29, 0.717) is 12.5 Å². The van der Waals surface area contributed by atoms with Gasteiger partial charge < -0.3 is 9.84 Å². The zero-order chi connectivity index (χ0) is 12.6. The Bertz CT molecular complexity index is 366. The molecule has 0 aromatic carbocycles. The summed E-state index contributed by atoms with van der Waals surface area (Å²) in [6, 6.07) is 0. The van der Waals surface area contributed by atoms with Gasteiger partial charge in [0.25, 0.3) is 0 Å². The fourth-order valence-corrected chi connectivity index (χ4v) is 2.22. The van der Waals surface area contributed by atoms with Gasteiger partial charge in [-0.1, -0.05) is 19.9 Å². The van der Waals surface area contributed by atoms with Crippen molar-refractivity contribution < 1.29 is 19.4 Å².